The maximum atomic E-state index is 12.4. The Balaban J connectivity index is 1.58. The molecule has 0 aliphatic rings. The van der Waals surface area contributed by atoms with Crippen LogP contribution in [-0.2, 0) is 18.4 Å². The van der Waals surface area contributed by atoms with E-state index in [0.29, 0.717) is 44.0 Å². The third kappa shape index (κ3) is 5.96. The summed E-state index contributed by atoms with van der Waals surface area (Å²) in [5.74, 6) is 2.05. The van der Waals surface area contributed by atoms with Crippen LogP contribution in [0.2, 0.25) is 10.0 Å². The summed E-state index contributed by atoms with van der Waals surface area (Å²) in [6.45, 7) is 0.236. The Kier molecular flexibility index (Phi) is 7.89. The molecule has 0 saturated heterocycles. The number of benzene rings is 2. The first kappa shape index (κ1) is 23.1. The van der Waals surface area contributed by atoms with E-state index in [4.69, 9.17) is 37.4 Å². The summed E-state index contributed by atoms with van der Waals surface area (Å²) in [7, 11) is 4.81. The van der Waals surface area contributed by atoms with Crippen LogP contribution < -0.4 is 19.5 Å². The number of amides is 1. The molecule has 31 heavy (non-hydrogen) atoms. The summed E-state index contributed by atoms with van der Waals surface area (Å²) in [6.07, 6.45) is 0. The average Bonchev–Trinajstić information content (AvgIpc) is 3.12. The Hall–Kier alpha value is -2.62. The van der Waals surface area contributed by atoms with E-state index < -0.39 is 0 Å². The van der Waals surface area contributed by atoms with Crippen LogP contribution in [0.4, 0.5) is 5.69 Å². The molecule has 0 bridgehead atoms. The van der Waals surface area contributed by atoms with Crippen molar-refractivity contribution in [3.8, 4) is 17.2 Å². The molecule has 0 spiro atoms. The van der Waals surface area contributed by atoms with E-state index in [1.54, 1.807) is 41.0 Å². The summed E-state index contributed by atoms with van der Waals surface area (Å²) in [6, 6.07) is 10.2. The van der Waals surface area contributed by atoms with Gasteiger partial charge in [-0.2, -0.15) is 0 Å². The minimum atomic E-state index is -0.241. The minimum absolute atomic E-state index is 0.123. The predicted molar refractivity (Wildman–Crippen MR) is 121 cm³/mol. The number of nitrogens with zero attached hydrogens (tertiary/aromatic N) is 3. The molecule has 1 N–H and O–H groups in total. The lowest BCUT2D eigenvalue weighted by Gasteiger charge is -2.13. The van der Waals surface area contributed by atoms with Crippen LogP contribution in [0.15, 0.2) is 41.6 Å². The Labute approximate surface area is 193 Å². The third-order valence-electron chi connectivity index (χ3n) is 4.19. The van der Waals surface area contributed by atoms with Gasteiger partial charge in [0.05, 0.1) is 30.7 Å². The number of hydrogen-bond acceptors (Lipinski definition) is 7. The molecule has 0 aliphatic heterocycles. The first-order valence-corrected chi connectivity index (χ1v) is 10.8. The highest BCUT2D eigenvalue weighted by Crippen LogP contribution is 2.36. The molecule has 0 saturated carbocycles. The van der Waals surface area contributed by atoms with Crippen molar-refractivity contribution in [1.82, 2.24) is 14.8 Å². The van der Waals surface area contributed by atoms with Crippen molar-refractivity contribution in [2.75, 3.05) is 25.3 Å². The predicted octanol–water partition coefficient (Wildman–Crippen LogP) is 4.45. The van der Waals surface area contributed by atoms with Crippen molar-refractivity contribution in [3.63, 3.8) is 0 Å². The molecule has 1 aromatic heterocycles. The van der Waals surface area contributed by atoms with Gasteiger partial charge >= 0.3 is 0 Å². The van der Waals surface area contributed by atoms with Crippen LogP contribution in [0.25, 0.3) is 0 Å². The van der Waals surface area contributed by atoms with Gasteiger partial charge in [-0.15, -0.1) is 10.2 Å². The summed E-state index contributed by atoms with van der Waals surface area (Å²) in [5.41, 5.74) is 0.462. The normalized spacial score (nSPS) is 10.6. The molecule has 2 aromatic carbocycles. The number of ether oxygens (including phenoxy) is 3. The largest absolute Gasteiger partial charge is 0.495 e. The van der Waals surface area contributed by atoms with Crippen molar-refractivity contribution < 1.29 is 19.0 Å². The number of methoxy groups -OCH3 is 2. The van der Waals surface area contributed by atoms with Gasteiger partial charge in [-0.3, -0.25) is 4.79 Å². The summed E-state index contributed by atoms with van der Waals surface area (Å²) in [4.78, 5) is 12.4. The number of anilines is 1. The number of thioether (sulfide) groups is 1. The Morgan fingerprint density at radius 2 is 1.81 bits per heavy atom. The highest BCUT2D eigenvalue weighted by atomic mass is 35.5. The van der Waals surface area contributed by atoms with Gasteiger partial charge < -0.3 is 24.1 Å². The van der Waals surface area contributed by atoms with E-state index >= 15 is 0 Å². The van der Waals surface area contributed by atoms with E-state index in [2.05, 4.69) is 15.5 Å². The standard InChI is InChI=1S/C20H20Cl2N4O4S/c1-26-18(10-30-13-6-4-12(21)5-7-13)24-25-20(26)31-11-19(27)23-15-9-16(28-2)14(22)8-17(15)29-3/h4-9H,10-11H2,1-3H3,(H,23,27). The highest BCUT2D eigenvalue weighted by Gasteiger charge is 2.15. The minimum Gasteiger partial charge on any atom is -0.495 e. The van der Waals surface area contributed by atoms with E-state index in [1.165, 1.54) is 26.0 Å². The molecule has 164 valence electrons. The summed E-state index contributed by atoms with van der Waals surface area (Å²) in [5, 5.41) is 12.7. The molecule has 0 radical (unpaired) electrons. The Bertz CT molecular complexity index is 1060. The fraction of sp³-hybridized carbons (Fsp3) is 0.250. The molecule has 0 fully saturated rings. The summed E-state index contributed by atoms with van der Waals surface area (Å²) < 4.78 is 17.9. The van der Waals surface area contributed by atoms with Crippen molar-refractivity contribution in [3.05, 3.63) is 52.3 Å². The van der Waals surface area contributed by atoms with Crippen molar-refractivity contribution in [1.29, 1.82) is 0 Å². The van der Waals surface area contributed by atoms with Crippen LogP contribution in [-0.4, -0.2) is 40.6 Å². The van der Waals surface area contributed by atoms with E-state index in [0.717, 1.165) is 0 Å². The van der Waals surface area contributed by atoms with Gasteiger partial charge in [0.15, 0.2) is 11.0 Å². The number of rotatable bonds is 9. The fourth-order valence-corrected chi connectivity index (χ4v) is 3.64. The number of aromatic nitrogens is 3. The van der Waals surface area contributed by atoms with E-state index in [1.807, 2.05) is 7.05 Å². The zero-order chi connectivity index (χ0) is 22.4. The topological polar surface area (TPSA) is 87.5 Å². The van der Waals surface area contributed by atoms with E-state index in [-0.39, 0.29) is 18.3 Å². The zero-order valence-electron chi connectivity index (χ0n) is 17.0. The van der Waals surface area contributed by atoms with Gasteiger partial charge in [0.25, 0.3) is 0 Å². The lowest BCUT2D eigenvalue weighted by Crippen LogP contribution is -2.15. The molecular weight excluding hydrogens is 463 g/mol. The maximum absolute atomic E-state index is 12.4. The number of carbonyl (C=O) groups is 1. The molecule has 3 rings (SSSR count). The zero-order valence-corrected chi connectivity index (χ0v) is 19.3. The van der Waals surface area contributed by atoms with Crippen LogP contribution in [0.5, 0.6) is 17.2 Å². The lowest BCUT2D eigenvalue weighted by atomic mass is 10.2. The number of nitrogens with one attached hydrogen (secondary N) is 1. The molecule has 1 amide bonds. The molecular formula is C20H20Cl2N4O4S. The number of carbonyl (C=O) groups excluding carboxylic acids is 1. The fourth-order valence-electron chi connectivity index (χ4n) is 2.55. The monoisotopic (exact) mass is 482 g/mol. The number of hydrogen-bond donors (Lipinski definition) is 1. The maximum Gasteiger partial charge on any atom is 0.234 e. The molecule has 8 nitrogen and oxygen atoms in total. The summed E-state index contributed by atoms with van der Waals surface area (Å²) >= 11 is 13.2. The second-order valence-electron chi connectivity index (χ2n) is 6.22. The van der Waals surface area contributed by atoms with Crippen molar-refractivity contribution >= 4 is 46.6 Å². The Morgan fingerprint density at radius 3 is 2.48 bits per heavy atom. The second-order valence-corrected chi connectivity index (χ2v) is 8.01. The molecule has 3 aromatic rings. The van der Waals surface area contributed by atoms with Crippen LogP contribution >= 0.6 is 35.0 Å². The molecule has 1 heterocycles. The molecule has 0 unspecified atom stereocenters. The highest BCUT2D eigenvalue weighted by molar-refractivity contribution is 7.99. The molecule has 0 aliphatic carbocycles. The van der Waals surface area contributed by atoms with Crippen LogP contribution in [0.1, 0.15) is 5.82 Å². The van der Waals surface area contributed by atoms with Crippen molar-refractivity contribution in [2.24, 2.45) is 7.05 Å². The quantitative estimate of drug-likeness (QED) is 0.450. The average molecular weight is 483 g/mol. The van der Waals surface area contributed by atoms with Crippen LogP contribution in [0, 0.1) is 0 Å². The van der Waals surface area contributed by atoms with Gasteiger partial charge in [0.2, 0.25) is 5.91 Å². The first-order chi connectivity index (χ1) is 14.9. The van der Waals surface area contributed by atoms with Crippen molar-refractivity contribution in [2.45, 2.75) is 11.8 Å². The SMILES string of the molecule is COc1cc(NC(=O)CSc2nnc(COc3ccc(Cl)cc3)n2C)c(OC)cc1Cl. The third-order valence-corrected chi connectivity index (χ3v) is 5.75. The first-order valence-electron chi connectivity index (χ1n) is 9.02. The molecule has 11 heteroatoms. The second kappa shape index (κ2) is 10.6. The van der Waals surface area contributed by atoms with Gasteiger partial charge in [0, 0.05) is 24.2 Å². The van der Waals surface area contributed by atoms with E-state index in [9.17, 15) is 4.79 Å². The van der Waals surface area contributed by atoms with Gasteiger partial charge in [-0.1, -0.05) is 35.0 Å². The number of halogens is 2. The Morgan fingerprint density at radius 1 is 1.10 bits per heavy atom. The lowest BCUT2D eigenvalue weighted by molar-refractivity contribution is -0.113. The smallest absolute Gasteiger partial charge is 0.234 e. The van der Waals surface area contributed by atoms with Crippen LogP contribution in [0.3, 0.4) is 0 Å². The molecule has 0 atom stereocenters. The van der Waals surface area contributed by atoms with Gasteiger partial charge in [-0.25, -0.2) is 0 Å². The van der Waals surface area contributed by atoms with Gasteiger partial charge in [-0.05, 0) is 24.3 Å². The van der Waals surface area contributed by atoms with Gasteiger partial charge in [0.1, 0.15) is 23.9 Å².